The van der Waals surface area contributed by atoms with Gasteiger partial charge in [-0.3, -0.25) is 9.69 Å². The van der Waals surface area contributed by atoms with E-state index in [0.717, 1.165) is 5.56 Å². The molecule has 0 aliphatic carbocycles. The van der Waals surface area contributed by atoms with Crippen LogP contribution in [0.1, 0.15) is 18.1 Å². The van der Waals surface area contributed by atoms with Crippen molar-refractivity contribution in [3.63, 3.8) is 0 Å². The number of ketones is 1. The van der Waals surface area contributed by atoms with E-state index in [4.69, 9.17) is 0 Å². The van der Waals surface area contributed by atoms with Gasteiger partial charge in [0.05, 0.1) is 6.54 Å². The SMILES string of the molecule is CC(=O)CN(C)Cc1ccc(F)c(C)c1. The molecule has 15 heavy (non-hydrogen) atoms. The summed E-state index contributed by atoms with van der Waals surface area (Å²) in [5.74, 6) is -0.0516. The number of benzene rings is 1. The van der Waals surface area contributed by atoms with Crippen LogP contribution in [0.4, 0.5) is 4.39 Å². The van der Waals surface area contributed by atoms with E-state index in [-0.39, 0.29) is 11.6 Å². The highest BCUT2D eigenvalue weighted by atomic mass is 19.1. The van der Waals surface area contributed by atoms with Crippen molar-refractivity contribution in [2.75, 3.05) is 13.6 Å². The van der Waals surface area contributed by atoms with Gasteiger partial charge in [0.2, 0.25) is 0 Å². The molecule has 0 spiro atoms. The van der Waals surface area contributed by atoms with Gasteiger partial charge in [-0.2, -0.15) is 0 Å². The molecule has 1 aromatic rings. The van der Waals surface area contributed by atoms with Crippen molar-refractivity contribution >= 4 is 5.78 Å². The monoisotopic (exact) mass is 209 g/mol. The molecule has 0 fully saturated rings. The van der Waals surface area contributed by atoms with Crippen LogP contribution in [0.3, 0.4) is 0 Å². The Hall–Kier alpha value is -1.22. The second-order valence-electron chi connectivity index (χ2n) is 3.96. The van der Waals surface area contributed by atoms with E-state index in [9.17, 15) is 9.18 Å². The van der Waals surface area contributed by atoms with Crippen LogP contribution in [0.2, 0.25) is 0 Å². The normalized spacial score (nSPS) is 10.7. The minimum Gasteiger partial charge on any atom is -0.299 e. The summed E-state index contributed by atoms with van der Waals surface area (Å²) in [4.78, 5) is 12.8. The van der Waals surface area contributed by atoms with E-state index in [2.05, 4.69) is 0 Å². The van der Waals surface area contributed by atoms with Gasteiger partial charge in [-0.05, 0) is 38.1 Å². The first-order valence-electron chi connectivity index (χ1n) is 4.92. The van der Waals surface area contributed by atoms with Crippen LogP contribution in [-0.4, -0.2) is 24.3 Å². The van der Waals surface area contributed by atoms with Crippen LogP contribution in [0.15, 0.2) is 18.2 Å². The van der Waals surface area contributed by atoms with Gasteiger partial charge in [-0.1, -0.05) is 12.1 Å². The van der Waals surface area contributed by atoms with Gasteiger partial charge in [0.15, 0.2) is 0 Å². The Kier molecular flexibility index (Phi) is 3.97. The van der Waals surface area contributed by atoms with Crippen molar-refractivity contribution in [1.29, 1.82) is 0 Å². The van der Waals surface area contributed by atoms with Crippen molar-refractivity contribution < 1.29 is 9.18 Å². The Morgan fingerprint density at radius 2 is 2.13 bits per heavy atom. The molecular formula is C12H16FNO. The fourth-order valence-corrected chi connectivity index (χ4v) is 1.55. The fourth-order valence-electron chi connectivity index (χ4n) is 1.55. The summed E-state index contributed by atoms with van der Waals surface area (Å²) in [5.41, 5.74) is 1.67. The summed E-state index contributed by atoms with van der Waals surface area (Å²) >= 11 is 0. The molecule has 1 rings (SSSR count). The van der Waals surface area contributed by atoms with E-state index >= 15 is 0 Å². The maximum atomic E-state index is 13.0. The van der Waals surface area contributed by atoms with E-state index in [1.54, 1.807) is 19.9 Å². The summed E-state index contributed by atoms with van der Waals surface area (Å²) in [6.45, 7) is 4.40. The summed E-state index contributed by atoms with van der Waals surface area (Å²) in [7, 11) is 1.88. The van der Waals surface area contributed by atoms with Gasteiger partial charge < -0.3 is 0 Å². The molecule has 0 bridgehead atoms. The molecule has 0 saturated heterocycles. The Morgan fingerprint density at radius 3 is 2.67 bits per heavy atom. The summed E-state index contributed by atoms with van der Waals surface area (Å²) < 4.78 is 13.0. The molecule has 3 heteroatoms. The Morgan fingerprint density at radius 1 is 1.47 bits per heavy atom. The predicted octanol–water partition coefficient (Wildman–Crippen LogP) is 2.15. The molecule has 0 aliphatic rings. The summed E-state index contributed by atoms with van der Waals surface area (Å²) in [5, 5.41) is 0. The predicted molar refractivity (Wildman–Crippen MR) is 58.2 cm³/mol. The lowest BCUT2D eigenvalue weighted by Crippen LogP contribution is -2.23. The zero-order valence-corrected chi connectivity index (χ0v) is 9.38. The molecule has 0 amide bonds. The fraction of sp³-hybridized carbons (Fsp3) is 0.417. The standard InChI is InChI=1S/C12H16FNO/c1-9-6-11(4-5-12(9)13)8-14(3)7-10(2)15/h4-6H,7-8H2,1-3H3. The molecule has 2 nitrogen and oxygen atoms in total. The number of aryl methyl sites for hydroxylation is 1. The van der Waals surface area contributed by atoms with Gasteiger partial charge in [0.25, 0.3) is 0 Å². The molecule has 82 valence electrons. The van der Waals surface area contributed by atoms with Crippen molar-refractivity contribution in [2.24, 2.45) is 0 Å². The topological polar surface area (TPSA) is 20.3 Å². The number of carbonyl (C=O) groups is 1. The number of hydrogen-bond donors (Lipinski definition) is 0. The lowest BCUT2D eigenvalue weighted by Gasteiger charge is -2.15. The Bertz CT molecular complexity index is 363. The van der Waals surface area contributed by atoms with Gasteiger partial charge >= 0.3 is 0 Å². The maximum Gasteiger partial charge on any atom is 0.143 e. The van der Waals surface area contributed by atoms with Gasteiger partial charge in [-0.25, -0.2) is 4.39 Å². The number of rotatable bonds is 4. The lowest BCUT2D eigenvalue weighted by molar-refractivity contribution is -0.117. The van der Waals surface area contributed by atoms with Crippen molar-refractivity contribution in [3.05, 3.63) is 35.1 Å². The van der Waals surface area contributed by atoms with Crippen molar-refractivity contribution in [3.8, 4) is 0 Å². The number of nitrogens with zero attached hydrogens (tertiary/aromatic N) is 1. The largest absolute Gasteiger partial charge is 0.299 e. The lowest BCUT2D eigenvalue weighted by atomic mass is 10.1. The zero-order chi connectivity index (χ0) is 11.4. The molecule has 0 atom stereocenters. The van der Waals surface area contributed by atoms with E-state index in [0.29, 0.717) is 18.7 Å². The van der Waals surface area contributed by atoms with E-state index < -0.39 is 0 Å². The minimum absolute atomic E-state index is 0.135. The third-order valence-corrected chi connectivity index (χ3v) is 2.17. The second kappa shape index (κ2) is 5.03. The molecule has 0 unspecified atom stereocenters. The van der Waals surface area contributed by atoms with Gasteiger partial charge in [-0.15, -0.1) is 0 Å². The van der Waals surface area contributed by atoms with Crippen LogP contribution < -0.4 is 0 Å². The number of Topliss-reactive ketones (excluding diaryl/α,β-unsaturated/α-hetero) is 1. The molecule has 1 aromatic carbocycles. The molecule has 0 saturated carbocycles. The first-order valence-corrected chi connectivity index (χ1v) is 4.92. The van der Waals surface area contributed by atoms with Crippen LogP contribution in [0, 0.1) is 12.7 Å². The Balaban J connectivity index is 2.64. The molecule has 0 aliphatic heterocycles. The first-order chi connectivity index (χ1) is 6.99. The second-order valence-corrected chi connectivity index (χ2v) is 3.96. The van der Waals surface area contributed by atoms with E-state index in [1.165, 1.54) is 6.07 Å². The average molecular weight is 209 g/mol. The van der Waals surface area contributed by atoms with Crippen molar-refractivity contribution in [1.82, 2.24) is 4.90 Å². The summed E-state index contributed by atoms with van der Waals surface area (Å²) in [6.07, 6.45) is 0. The first kappa shape index (κ1) is 11.9. The van der Waals surface area contributed by atoms with Crippen LogP contribution in [0.25, 0.3) is 0 Å². The van der Waals surface area contributed by atoms with Gasteiger partial charge in [0, 0.05) is 6.54 Å². The highest BCUT2D eigenvalue weighted by molar-refractivity contribution is 5.77. The molecular weight excluding hydrogens is 193 g/mol. The highest BCUT2D eigenvalue weighted by Crippen LogP contribution is 2.10. The van der Waals surface area contributed by atoms with Crippen LogP contribution in [-0.2, 0) is 11.3 Å². The van der Waals surface area contributed by atoms with Crippen LogP contribution in [0.5, 0.6) is 0 Å². The third kappa shape index (κ3) is 3.80. The molecule has 0 heterocycles. The average Bonchev–Trinajstić information content (AvgIpc) is 2.10. The molecule has 0 aromatic heterocycles. The molecule has 0 N–H and O–H groups in total. The van der Waals surface area contributed by atoms with Gasteiger partial charge in [0.1, 0.15) is 11.6 Å². The number of carbonyl (C=O) groups excluding carboxylic acids is 1. The number of likely N-dealkylation sites (N-methyl/N-ethyl adjacent to an activating group) is 1. The number of hydrogen-bond acceptors (Lipinski definition) is 2. The zero-order valence-electron chi connectivity index (χ0n) is 9.38. The smallest absolute Gasteiger partial charge is 0.143 e. The highest BCUT2D eigenvalue weighted by Gasteiger charge is 2.04. The third-order valence-electron chi connectivity index (χ3n) is 2.17. The Labute approximate surface area is 89.7 Å². The quantitative estimate of drug-likeness (QED) is 0.757. The van der Waals surface area contributed by atoms with Crippen LogP contribution >= 0.6 is 0 Å². The van der Waals surface area contributed by atoms with E-state index in [1.807, 2.05) is 18.0 Å². The minimum atomic E-state index is -0.187. The maximum absolute atomic E-state index is 13.0. The summed E-state index contributed by atoms with van der Waals surface area (Å²) in [6, 6.07) is 5.03. The molecule has 0 radical (unpaired) electrons. The van der Waals surface area contributed by atoms with Crippen molar-refractivity contribution in [2.45, 2.75) is 20.4 Å². The number of halogens is 1.